The summed E-state index contributed by atoms with van der Waals surface area (Å²) in [7, 11) is -33.3. The van der Waals surface area contributed by atoms with Gasteiger partial charge in [0.2, 0.25) is 0 Å². The first-order valence-electron chi connectivity index (χ1n) is 26.0. The normalized spacial score (nSPS) is 15.8. The second-order valence-corrected chi connectivity index (χ2v) is 68.8. The van der Waals surface area contributed by atoms with E-state index < -0.39 is 102 Å². The highest BCUT2D eigenvalue weighted by Crippen LogP contribution is 2.33. The predicted octanol–water partition coefficient (Wildman–Crippen LogP) is 13.6. The van der Waals surface area contributed by atoms with Gasteiger partial charge >= 0.3 is 85.6 Å². The maximum Gasteiger partial charge on any atom is 0.351 e. The van der Waals surface area contributed by atoms with Crippen molar-refractivity contribution >= 4 is 113 Å². The lowest BCUT2D eigenvalue weighted by molar-refractivity contribution is 0.257. The van der Waals surface area contributed by atoms with Crippen molar-refractivity contribution in [2.75, 3.05) is 0 Å². The van der Waals surface area contributed by atoms with Gasteiger partial charge in [-0.25, -0.2) is 0 Å². The van der Waals surface area contributed by atoms with E-state index in [2.05, 4.69) is 229 Å². The summed E-state index contributed by atoms with van der Waals surface area (Å²) in [4.78, 5) is 0. The van der Waals surface area contributed by atoms with E-state index in [1.54, 1.807) is 0 Å². The molecule has 4 aromatic carbocycles. The van der Waals surface area contributed by atoms with Gasteiger partial charge in [-0.3, -0.25) is 0 Å². The number of hydrogen-bond acceptors (Lipinski definition) is 11. The highest BCUT2D eigenvalue weighted by molar-refractivity contribution is 6.98. The van der Waals surface area contributed by atoms with Crippen molar-refractivity contribution in [3.63, 3.8) is 0 Å². The summed E-state index contributed by atoms with van der Waals surface area (Å²) in [5, 5.41) is 2.02. The molecule has 0 heterocycles. The smallest absolute Gasteiger partial charge is 0.351 e. The van der Waals surface area contributed by atoms with Gasteiger partial charge in [-0.1, -0.05) is 121 Å². The Bertz CT molecular complexity index is 2310. The average molecular weight is 1210 g/mol. The lowest BCUT2D eigenvalue weighted by Gasteiger charge is -2.46. The van der Waals surface area contributed by atoms with Gasteiger partial charge in [0.05, 0.1) is 0 Å². The molecule has 73 heavy (non-hydrogen) atoms. The van der Waals surface area contributed by atoms with E-state index >= 15 is 0 Å². The van der Waals surface area contributed by atoms with E-state index in [0.29, 0.717) is 0 Å². The third-order valence-electron chi connectivity index (χ3n) is 11.6. The number of aryl methyl sites for hydroxylation is 2. The molecular weight excluding hydrogens is 1110 g/mol. The molecule has 0 radical (unpaired) electrons. The molecule has 0 N–H and O–H groups in total. The van der Waals surface area contributed by atoms with Gasteiger partial charge in [0.1, 0.15) is 0 Å². The number of hydrogen-bond donors (Lipinski definition) is 0. The summed E-state index contributed by atoms with van der Waals surface area (Å²) in [5.74, 6) is 0. The van der Waals surface area contributed by atoms with Crippen molar-refractivity contribution in [2.45, 2.75) is 169 Å². The van der Waals surface area contributed by atoms with Crippen LogP contribution in [0.4, 0.5) is 0 Å². The minimum absolute atomic E-state index is 0.988. The first-order valence-corrected chi connectivity index (χ1v) is 59.4. The molecule has 0 bridgehead atoms. The molecule has 0 aromatic heterocycles. The van der Waals surface area contributed by atoms with Crippen LogP contribution in [-0.4, -0.2) is 102 Å². The summed E-state index contributed by atoms with van der Waals surface area (Å²) < 4.78 is 78.8. The minimum Gasteiger partial charge on any atom is -0.436 e. The summed E-state index contributed by atoms with van der Waals surface area (Å²) >= 11 is 0. The Morgan fingerprint density at radius 2 is 0.425 bits per heavy atom. The van der Waals surface area contributed by atoms with Crippen LogP contribution in [0.1, 0.15) is 11.1 Å². The van der Waals surface area contributed by atoms with Crippen molar-refractivity contribution in [3.05, 3.63) is 132 Å². The Labute approximate surface area is 456 Å². The summed E-state index contributed by atoms with van der Waals surface area (Å²) in [6.07, 6.45) is 1.98. The maximum absolute atomic E-state index is 7.39. The first kappa shape index (κ1) is 64.6. The number of benzene rings is 4. The molecule has 0 fully saturated rings. The highest BCUT2D eigenvalue weighted by Gasteiger charge is 2.54. The fourth-order valence-electron chi connectivity index (χ4n) is 10.4. The molecule has 11 nitrogen and oxygen atoms in total. The zero-order valence-corrected chi connectivity index (χ0v) is 60.9. The molecule has 0 amide bonds. The van der Waals surface area contributed by atoms with Gasteiger partial charge in [-0.15, -0.1) is 0 Å². The SMILES string of the molecule is C[Si](C)(CCc1ccccc1)O[Si](C)(C)O[Si](C)(C)O[Si](C)(C)O[Si](C)(C)O[Si](C)(O[Si](C)(C)O[Si](C)(C)O[Si](C)(O[Si](C)(C)O[Si](C)(C)O[Si](C)(C)CCc1ccccc1)c1ccccc1)c1ccccc1. The van der Waals surface area contributed by atoms with E-state index in [1.807, 2.05) is 36.4 Å². The van der Waals surface area contributed by atoms with E-state index in [9.17, 15) is 0 Å². The van der Waals surface area contributed by atoms with Crippen LogP contribution in [0.5, 0.6) is 0 Å². The van der Waals surface area contributed by atoms with Crippen molar-refractivity contribution in [1.82, 2.24) is 0 Å². The maximum atomic E-state index is 7.39. The Balaban J connectivity index is 1.49. The van der Waals surface area contributed by atoms with E-state index in [4.69, 9.17) is 45.3 Å². The van der Waals surface area contributed by atoms with Crippen LogP contribution in [0.25, 0.3) is 0 Å². The molecule has 4 aromatic rings. The lowest BCUT2D eigenvalue weighted by Crippen LogP contribution is -2.68. The molecule has 2 unspecified atom stereocenters. The monoisotopic (exact) mass is 1210 g/mol. The fourth-order valence-corrected chi connectivity index (χ4v) is 71.2. The van der Waals surface area contributed by atoms with Gasteiger partial charge < -0.3 is 45.3 Å². The second kappa shape index (κ2) is 25.0. The zero-order chi connectivity index (χ0) is 55.1. The van der Waals surface area contributed by atoms with E-state index in [-0.39, 0.29) is 0 Å². The van der Waals surface area contributed by atoms with Gasteiger partial charge in [0, 0.05) is 0 Å². The number of rotatable bonds is 30. The van der Waals surface area contributed by atoms with E-state index in [0.717, 1.165) is 35.3 Å². The average Bonchev–Trinajstić information content (AvgIpc) is 3.19. The minimum atomic E-state index is -3.25. The zero-order valence-electron chi connectivity index (χ0n) is 48.9. The van der Waals surface area contributed by atoms with Crippen molar-refractivity contribution in [2.24, 2.45) is 0 Å². The first-order chi connectivity index (χ1) is 33.1. The molecule has 23 heteroatoms. The fraction of sp³-hybridized carbons (Fsp3) is 0.520. The van der Waals surface area contributed by atoms with Crippen LogP contribution in [0, 0.1) is 0 Å². The van der Waals surface area contributed by atoms with Crippen LogP contribution in [0.2, 0.25) is 156 Å². The molecule has 0 aliphatic carbocycles. The summed E-state index contributed by atoms with van der Waals surface area (Å²) in [5.41, 5.74) is 2.67. The largest absolute Gasteiger partial charge is 0.436 e. The highest BCUT2D eigenvalue weighted by atomic mass is 28.5. The Hall–Kier alpha value is -0.957. The third kappa shape index (κ3) is 23.1. The van der Waals surface area contributed by atoms with Crippen molar-refractivity contribution < 1.29 is 45.3 Å². The van der Waals surface area contributed by atoms with Crippen LogP contribution in [0.15, 0.2) is 121 Å². The molecule has 0 saturated heterocycles. The predicted molar refractivity (Wildman–Crippen MR) is 332 cm³/mol. The Kier molecular flexibility index (Phi) is 22.1. The van der Waals surface area contributed by atoms with Crippen LogP contribution >= 0.6 is 0 Å². The molecule has 0 aliphatic heterocycles. The molecule has 2 atom stereocenters. The van der Waals surface area contributed by atoms with E-state index in [1.165, 1.54) is 11.1 Å². The molecule has 408 valence electrons. The van der Waals surface area contributed by atoms with Crippen LogP contribution in [0.3, 0.4) is 0 Å². The van der Waals surface area contributed by atoms with Gasteiger partial charge in [-0.2, -0.15) is 0 Å². The van der Waals surface area contributed by atoms with Crippen LogP contribution < -0.4 is 10.4 Å². The molecule has 0 spiro atoms. The molecule has 0 saturated carbocycles. The second-order valence-electron chi connectivity index (χ2n) is 24.4. The topological polar surface area (TPSA) is 102 Å². The molecule has 4 rings (SSSR count). The summed E-state index contributed by atoms with van der Waals surface area (Å²) in [6.45, 7) is 47.4. The van der Waals surface area contributed by atoms with Gasteiger partial charge in [-0.05, 0) is 190 Å². The van der Waals surface area contributed by atoms with Gasteiger partial charge in [0.15, 0.2) is 16.6 Å². The standard InChI is InChI=1S/C50H94O11Si12/c1-62(2,45-43-47-35-27-23-28-36-47)51-64(5,6)53-66(9,10)55-67(11,12)56-69(15,16)59-73(22,50-41-33-26-34-42-50)61-71(19,20)57-70(17,18)60-72(21,49-39-31-25-32-40-49)58-68(13,14)54-65(7,8)52-63(3,4)46-44-48-37-29-24-30-38-48/h23-42H,43-46H2,1-22H3. The molecule has 0 aliphatic rings. The Morgan fingerprint density at radius 3 is 0.658 bits per heavy atom. The quantitative estimate of drug-likeness (QED) is 0.0467. The third-order valence-corrected chi connectivity index (χ3v) is 59.4. The van der Waals surface area contributed by atoms with Crippen molar-refractivity contribution in [1.29, 1.82) is 0 Å². The summed E-state index contributed by atoms with van der Waals surface area (Å²) in [6, 6.07) is 44.0. The molecular formula is C50H94O11Si12. The van der Waals surface area contributed by atoms with Crippen molar-refractivity contribution in [3.8, 4) is 0 Å². The Morgan fingerprint density at radius 1 is 0.233 bits per heavy atom. The van der Waals surface area contributed by atoms with Gasteiger partial charge in [0.25, 0.3) is 0 Å². The lowest BCUT2D eigenvalue weighted by atomic mass is 10.2. The van der Waals surface area contributed by atoms with Crippen LogP contribution in [-0.2, 0) is 58.1 Å².